The Labute approximate surface area is 161 Å². The van der Waals surface area contributed by atoms with Crippen LogP contribution in [0.15, 0.2) is 6.33 Å². The third kappa shape index (κ3) is 4.66. The summed E-state index contributed by atoms with van der Waals surface area (Å²) in [5.41, 5.74) is -0.0960. The lowest BCUT2D eigenvalue weighted by Gasteiger charge is -2.46. The van der Waals surface area contributed by atoms with Crippen LogP contribution in [-0.4, -0.2) is 45.1 Å². The second-order valence-electron chi connectivity index (χ2n) is 9.46. The maximum Gasteiger partial charge on any atom is 0.353 e. The van der Waals surface area contributed by atoms with Crippen molar-refractivity contribution in [3.05, 3.63) is 16.4 Å². The van der Waals surface area contributed by atoms with Gasteiger partial charge < -0.3 is 15.5 Å². The molecule has 150 valence electrons. The highest BCUT2D eigenvalue weighted by molar-refractivity contribution is 5.70. The molecule has 0 aliphatic carbocycles. The van der Waals surface area contributed by atoms with Crippen molar-refractivity contribution in [3.8, 4) is 0 Å². The van der Waals surface area contributed by atoms with E-state index in [1.54, 1.807) is 0 Å². The number of aromatic nitrogens is 2. The fraction of sp³-hybridized carbons (Fsp3) is 0.789. The Morgan fingerprint density at radius 1 is 1.19 bits per heavy atom. The minimum atomic E-state index is -0.340. The van der Waals surface area contributed by atoms with Crippen LogP contribution >= 0.6 is 0 Å². The third-order valence-electron chi connectivity index (χ3n) is 5.60. The van der Waals surface area contributed by atoms with E-state index in [0.29, 0.717) is 17.6 Å². The zero-order valence-electron chi connectivity index (χ0n) is 17.1. The molecule has 27 heavy (non-hydrogen) atoms. The van der Waals surface area contributed by atoms with Crippen LogP contribution in [-0.2, 0) is 0 Å². The molecule has 0 radical (unpaired) electrons. The first-order chi connectivity index (χ1) is 12.6. The van der Waals surface area contributed by atoms with E-state index in [1.165, 1.54) is 6.33 Å². The van der Waals surface area contributed by atoms with Gasteiger partial charge in [-0.3, -0.25) is 10.1 Å². The number of piperidine rings is 2. The van der Waals surface area contributed by atoms with Crippen molar-refractivity contribution in [2.75, 3.05) is 23.3 Å². The van der Waals surface area contributed by atoms with Gasteiger partial charge in [0.05, 0.1) is 4.92 Å². The number of nitrogens with one attached hydrogen (secondary N) is 2. The van der Waals surface area contributed by atoms with Crippen molar-refractivity contribution < 1.29 is 4.92 Å². The predicted octanol–water partition coefficient (Wildman–Crippen LogP) is 3.34. The van der Waals surface area contributed by atoms with Crippen LogP contribution in [0, 0.1) is 16.0 Å². The number of anilines is 2. The minimum Gasteiger partial charge on any atom is -0.361 e. The van der Waals surface area contributed by atoms with Gasteiger partial charge in [0.15, 0.2) is 0 Å². The molecule has 0 bridgehead atoms. The third-order valence-corrected chi connectivity index (χ3v) is 5.60. The van der Waals surface area contributed by atoms with E-state index in [-0.39, 0.29) is 27.7 Å². The lowest BCUT2D eigenvalue weighted by molar-refractivity contribution is -0.383. The molecule has 0 amide bonds. The summed E-state index contributed by atoms with van der Waals surface area (Å²) < 4.78 is 0. The fourth-order valence-corrected chi connectivity index (χ4v) is 4.71. The first-order valence-corrected chi connectivity index (χ1v) is 9.86. The molecule has 2 aliphatic rings. The Bertz CT molecular complexity index is 681. The molecule has 0 spiro atoms. The summed E-state index contributed by atoms with van der Waals surface area (Å²) in [6, 6.07) is 0.110. The highest BCUT2D eigenvalue weighted by Gasteiger charge is 2.39. The average molecular weight is 377 g/mol. The van der Waals surface area contributed by atoms with Gasteiger partial charge in [-0.2, -0.15) is 0 Å². The zero-order valence-corrected chi connectivity index (χ0v) is 17.1. The lowest BCUT2D eigenvalue weighted by Crippen LogP contribution is -2.60. The molecular weight excluding hydrogens is 344 g/mol. The highest BCUT2D eigenvalue weighted by Crippen LogP contribution is 2.36. The first-order valence-electron chi connectivity index (χ1n) is 9.86. The second-order valence-corrected chi connectivity index (χ2v) is 9.46. The van der Waals surface area contributed by atoms with E-state index in [2.05, 4.69) is 55.2 Å². The van der Waals surface area contributed by atoms with Gasteiger partial charge in [0.1, 0.15) is 6.33 Å². The molecule has 2 fully saturated rings. The molecule has 0 saturated carbocycles. The summed E-state index contributed by atoms with van der Waals surface area (Å²) in [5.74, 6) is 1.43. The van der Waals surface area contributed by atoms with E-state index in [4.69, 9.17) is 0 Å². The van der Waals surface area contributed by atoms with Gasteiger partial charge in [0.2, 0.25) is 11.6 Å². The highest BCUT2D eigenvalue weighted by atomic mass is 16.6. The van der Waals surface area contributed by atoms with Crippen molar-refractivity contribution in [1.82, 2.24) is 15.3 Å². The fourth-order valence-electron chi connectivity index (χ4n) is 4.71. The van der Waals surface area contributed by atoms with Crippen LogP contribution < -0.4 is 15.5 Å². The van der Waals surface area contributed by atoms with Crippen LogP contribution in [0.5, 0.6) is 0 Å². The summed E-state index contributed by atoms with van der Waals surface area (Å²) in [7, 11) is 0. The Kier molecular flexibility index (Phi) is 5.29. The molecule has 8 nitrogen and oxygen atoms in total. The smallest absolute Gasteiger partial charge is 0.353 e. The van der Waals surface area contributed by atoms with Gasteiger partial charge in [-0.25, -0.2) is 9.97 Å². The van der Waals surface area contributed by atoms with Gasteiger partial charge in [-0.05, 0) is 59.3 Å². The molecule has 1 aromatic rings. The number of hydrogen-bond acceptors (Lipinski definition) is 7. The largest absolute Gasteiger partial charge is 0.361 e. The van der Waals surface area contributed by atoms with Gasteiger partial charge in [-0.1, -0.05) is 6.92 Å². The maximum atomic E-state index is 11.9. The van der Waals surface area contributed by atoms with E-state index in [0.717, 1.165) is 38.8 Å². The topological polar surface area (TPSA) is 96.2 Å². The Morgan fingerprint density at radius 2 is 1.78 bits per heavy atom. The molecule has 2 saturated heterocycles. The standard InChI is InChI=1S/C19H32N6O2/c1-13-6-8-24(9-7-13)17-15(25(26)27)16(20-12-21-17)22-14-10-18(2,3)23-19(4,5)11-14/h12-14,23H,6-11H2,1-5H3,(H,20,21,22). The van der Waals surface area contributed by atoms with E-state index in [1.807, 2.05) is 4.90 Å². The van der Waals surface area contributed by atoms with Crippen LogP contribution in [0.2, 0.25) is 0 Å². The number of rotatable bonds is 4. The van der Waals surface area contributed by atoms with E-state index in [9.17, 15) is 10.1 Å². The summed E-state index contributed by atoms with van der Waals surface area (Å²) in [6.07, 6.45) is 5.24. The lowest BCUT2D eigenvalue weighted by atomic mass is 9.79. The Morgan fingerprint density at radius 3 is 2.33 bits per heavy atom. The molecule has 3 heterocycles. The quantitative estimate of drug-likeness (QED) is 0.614. The predicted molar refractivity (Wildman–Crippen MR) is 107 cm³/mol. The molecule has 3 rings (SSSR count). The van der Waals surface area contributed by atoms with Crippen LogP contribution in [0.3, 0.4) is 0 Å². The molecule has 2 N–H and O–H groups in total. The van der Waals surface area contributed by atoms with Crippen LogP contribution in [0.1, 0.15) is 60.3 Å². The van der Waals surface area contributed by atoms with Crippen molar-refractivity contribution in [2.45, 2.75) is 77.4 Å². The summed E-state index contributed by atoms with van der Waals surface area (Å²) in [5, 5.41) is 18.9. The monoisotopic (exact) mass is 376 g/mol. The summed E-state index contributed by atoms with van der Waals surface area (Å²) >= 11 is 0. The minimum absolute atomic E-state index is 0.00111. The Hall–Kier alpha value is -1.96. The zero-order chi connectivity index (χ0) is 19.8. The molecule has 8 heteroatoms. The maximum absolute atomic E-state index is 11.9. The molecule has 1 aromatic heterocycles. The summed E-state index contributed by atoms with van der Waals surface area (Å²) in [6.45, 7) is 12.5. The van der Waals surface area contributed by atoms with Gasteiger partial charge in [0, 0.05) is 30.2 Å². The van der Waals surface area contributed by atoms with Crippen molar-refractivity contribution in [3.63, 3.8) is 0 Å². The molecular formula is C19H32N6O2. The second kappa shape index (κ2) is 7.22. The number of nitro groups is 1. The van der Waals surface area contributed by atoms with Crippen molar-refractivity contribution >= 4 is 17.3 Å². The van der Waals surface area contributed by atoms with Crippen LogP contribution in [0.25, 0.3) is 0 Å². The van der Waals surface area contributed by atoms with Crippen molar-refractivity contribution in [1.29, 1.82) is 0 Å². The number of nitrogens with zero attached hydrogens (tertiary/aromatic N) is 4. The SMILES string of the molecule is CC1CCN(c2ncnc(NC3CC(C)(C)NC(C)(C)C3)c2[N+](=O)[O-])CC1. The summed E-state index contributed by atoms with van der Waals surface area (Å²) in [4.78, 5) is 22.1. The number of hydrogen-bond donors (Lipinski definition) is 2. The molecule has 2 aliphatic heterocycles. The van der Waals surface area contributed by atoms with E-state index < -0.39 is 0 Å². The normalized spacial score (nSPS) is 23.2. The first kappa shape index (κ1) is 19.8. The molecule has 0 unspecified atom stereocenters. The Balaban J connectivity index is 1.87. The van der Waals surface area contributed by atoms with Gasteiger partial charge in [-0.15, -0.1) is 0 Å². The van der Waals surface area contributed by atoms with E-state index >= 15 is 0 Å². The molecule has 0 atom stereocenters. The van der Waals surface area contributed by atoms with Crippen LogP contribution in [0.4, 0.5) is 17.3 Å². The van der Waals surface area contributed by atoms with Gasteiger partial charge >= 0.3 is 5.69 Å². The molecule has 0 aromatic carbocycles. The van der Waals surface area contributed by atoms with Crippen molar-refractivity contribution in [2.24, 2.45) is 5.92 Å². The van der Waals surface area contributed by atoms with Gasteiger partial charge in [0.25, 0.3) is 0 Å². The average Bonchev–Trinajstić information content (AvgIpc) is 2.52.